The van der Waals surface area contributed by atoms with Gasteiger partial charge in [0.2, 0.25) is 0 Å². The summed E-state index contributed by atoms with van der Waals surface area (Å²) in [6.07, 6.45) is 0.527. The van der Waals surface area contributed by atoms with E-state index in [9.17, 15) is 14.0 Å². The molecule has 1 aliphatic heterocycles. The van der Waals surface area contributed by atoms with Gasteiger partial charge in [-0.15, -0.1) is 21.5 Å². The minimum Gasteiger partial charge on any atom is -0.497 e. The molecule has 0 fully saturated rings. The standard InChI is InChI=1S/C34H31FN6O3S2/c1-21-6-4-7-28(22(21)2)40-31(19-36-33(43)24-11-15-26(44-3)16-12-24)37-38-34(40)46-20-32(42)41-29(23-9-13-25(35)14-10-23)18-27(39-41)30-8-5-17-45-30/h4-17,29H,18-20H2,1-3H3,(H,36,43). The number of aryl methyl sites for hydroxylation is 1. The maximum Gasteiger partial charge on any atom is 0.253 e. The molecule has 0 aliphatic carbocycles. The molecule has 5 aromatic rings. The third-order valence-electron chi connectivity index (χ3n) is 7.83. The maximum atomic E-state index is 13.8. The molecule has 46 heavy (non-hydrogen) atoms. The Hall–Kier alpha value is -4.81. The second-order valence-electron chi connectivity index (χ2n) is 10.7. The number of benzene rings is 3. The number of ether oxygens (including phenoxy) is 1. The van der Waals surface area contributed by atoms with Crippen molar-refractivity contribution in [1.29, 1.82) is 0 Å². The number of rotatable bonds is 10. The number of halogens is 1. The summed E-state index contributed by atoms with van der Waals surface area (Å²) in [5.41, 5.74) is 5.08. The van der Waals surface area contributed by atoms with Crippen LogP contribution in [0.5, 0.6) is 5.75 Å². The van der Waals surface area contributed by atoms with Gasteiger partial charge in [0.1, 0.15) is 11.6 Å². The number of thioether (sulfide) groups is 1. The first kappa shape index (κ1) is 31.2. The van der Waals surface area contributed by atoms with Gasteiger partial charge in [-0.2, -0.15) is 5.10 Å². The monoisotopic (exact) mass is 654 g/mol. The molecule has 0 spiro atoms. The van der Waals surface area contributed by atoms with Crippen LogP contribution in [0.2, 0.25) is 0 Å². The second kappa shape index (κ2) is 13.7. The molecule has 3 heterocycles. The van der Waals surface area contributed by atoms with Gasteiger partial charge in [0, 0.05) is 12.0 Å². The van der Waals surface area contributed by atoms with Crippen LogP contribution >= 0.6 is 23.1 Å². The lowest BCUT2D eigenvalue weighted by atomic mass is 10.0. The number of hydrazone groups is 1. The molecule has 6 rings (SSSR count). The highest BCUT2D eigenvalue weighted by molar-refractivity contribution is 7.99. The Morgan fingerprint density at radius 2 is 1.80 bits per heavy atom. The van der Waals surface area contributed by atoms with E-state index < -0.39 is 0 Å². The zero-order valence-corrected chi connectivity index (χ0v) is 27.1. The van der Waals surface area contributed by atoms with Crippen LogP contribution in [-0.2, 0) is 11.3 Å². The van der Waals surface area contributed by atoms with E-state index in [1.165, 1.54) is 28.9 Å². The zero-order chi connectivity index (χ0) is 32.2. The highest BCUT2D eigenvalue weighted by atomic mass is 32.2. The van der Waals surface area contributed by atoms with Gasteiger partial charge in [-0.1, -0.05) is 42.1 Å². The summed E-state index contributed by atoms with van der Waals surface area (Å²) in [4.78, 5) is 27.7. The third kappa shape index (κ3) is 6.58. The van der Waals surface area contributed by atoms with Gasteiger partial charge in [0.15, 0.2) is 11.0 Å². The Morgan fingerprint density at radius 1 is 1.02 bits per heavy atom. The number of hydrogen-bond acceptors (Lipinski definition) is 8. The number of nitrogens with zero attached hydrogens (tertiary/aromatic N) is 5. The van der Waals surface area contributed by atoms with Crippen molar-refractivity contribution in [3.05, 3.63) is 123 Å². The van der Waals surface area contributed by atoms with Crippen molar-refractivity contribution in [2.75, 3.05) is 12.9 Å². The van der Waals surface area contributed by atoms with E-state index in [1.54, 1.807) is 54.8 Å². The van der Waals surface area contributed by atoms with Crippen molar-refractivity contribution >= 4 is 40.6 Å². The normalized spacial score (nSPS) is 14.3. The average molecular weight is 655 g/mol. The van der Waals surface area contributed by atoms with E-state index in [-0.39, 0.29) is 36.0 Å². The summed E-state index contributed by atoms with van der Waals surface area (Å²) in [5.74, 6) is 0.415. The SMILES string of the molecule is COc1ccc(C(=O)NCc2nnc(SCC(=O)N3N=C(c4cccs4)CC3c3ccc(F)cc3)n2-c2cccc(C)c2C)cc1. The lowest BCUT2D eigenvalue weighted by Crippen LogP contribution is -2.28. The average Bonchev–Trinajstić information content (AvgIpc) is 3.85. The van der Waals surface area contributed by atoms with Crippen LogP contribution in [0.15, 0.2) is 94.5 Å². The second-order valence-corrected chi connectivity index (χ2v) is 12.6. The molecule has 234 valence electrons. The van der Waals surface area contributed by atoms with Crippen LogP contribution in [0.3, 0.4) is 0 Å². The van der Waals surface area contributed by atoms with Gasteiger partial charge >= 0.3 is 0 Å². The van der Waals surface area contributed by atoms with Gasteiger partial charge in [-0.25, -0.2) is 9.40 Å². The van der Waals surface area contributed by atoms with Crippen molar-refractivity contribution in [3.63, 3.8) is 0 Å². The van der Waals surface area contributed by atoms with E-state index in [2.05, 4.69) is 15.5 Å². The fourth-order valence-corrected chi connectivity index (χ4v) is 6.74. The molecule has 12 heteroatoms. The quantitative estimate of drug-likeness (QED) is 0.173. The first-order chi connectivity index (χ1) is 22.3. The molecule has 0 saturated carbocycles. The molecular weight excluding hydrogens is 624 g/mol. The third-order valence-corrected chi connectivity index (χ3v) is 9.66. The van der Waals surface area contributed by atoms with Crippen molar-refractivity contribution in [3.8, 4) is 11.4 Å². The van der Waals surface area contributed by atoms with Crippen LogP contribution in [0.4, 0.5) is 4.39 Å². The van der Waals surface area contributed by atoms with Crippen LogP contribution in [0, 0.1) is 19.7 Å². The summed E-state index contributed by atoms with van der Waals surface area (Å²) in [6, 6.07) is 22.6. The molecule has 0 saturated heterocycles. The minimum absolute atomic E-state index is 0.0418. The molecule has 1 atom stereocenters. The number of hydrogen-bond donors (Lipinski definition) is 1. The van der Waals surface area contributed by atoms with Crippen LogP contribution in [0.1, 0.15) is 50.2 Å². The lowest BCUT2D eigenvalue weighted by molar-refractivity contribution is -0.130. The van der Waals surface area contributed by atoms with Gasteiger partial charge < -0.3 is 10.1 Å². The number of carbonyl (C=O) groups is 2. The Balaban J connectivity index is 1.25. The summed E-state index contributed by atoms with van der Waals surface area (Å²) in [7, 11) is 1.57. The van der Waals surface area contributed by atoms with E-state index in [4.69, 9.17) is 9.84 Å². The lowest BCUT2D eigenvalue weighted by Gasteiger charge is -2.22. The molecule has 2 amide bonds. The van der Waals surface area contributed by atoms with Crippen molar-refractivity contribution in [2.24, 2.45) is 5.10 Å². The molecular formula is C34H31FN6O3S2. The summed E-state index contributed by atoms with van der Waals surface area (Å²) in [5, 5.41) is 20.5. The number of thiophene rings is 1. The smallest absolute Gasteiger partial charge is 0.253 e. The number of amides is 2. The highest BCUT2D eigenvalue weighted by Gasteiger charge is 2.34. The fraction of sp³-hybridized carbons (Fsp3) is 0.206. The first-order valence-electron chi connectivity index (χ1n) is 14.6. The largest absolute Gasteiger partial charge is 0.497 e. The number of nitrogens with one attached hydrogen (secondary N) is 1. The summed E-state index contributed by atoms with van der Waals surface area (Å²) >= 11 is 2.81. The summed E-state index contributed by atoms with van der Waals surface area (Å²) < 4.78 is 20.8. The Bertz CT molecular complexity index is 1890. The van der Waals surface area contributed by atoms with Crippen LogP contribution < -0.4 is 10.1 Å². The maximum absolute atomic E-state index is 13.8. The van der Waals surface area contributed by atoms with E-state index in [0.29, 0.717) is 28.7 Å². The predicted molar refractivity (Wildman–Crippen MR) is 177 cm³/mol. The molecule has 1 aliphatic rings. The van der Waals surface area contributed by atoms with Crippen LogP contribution in [0.25, 0.3) is 5.69 Å². The molecule has 2 aromatic heterocycles. The fourth-order valence-electron chi connectivity index (χ4n) is 5.20. The van der Waals surface area contributed by atoms with E-state index in [0.717, 1.165) is 33.0 Å². The number of methoxy groups -OCH3 is 1. The highest BCUT2D eigenvalue weighted by Crippen LogP contribution is 2.35. The van der Waals surface area contributed by atoms with E-state index in [1.807, 2.05) is 54.1 Å². The first-order valence-corrected chi connectivity index (χ1v) is 16.4. The van der Waals surface area contributed by atoms with Crippen molar-refractivity contribution in [1.82, 2.24) is 25.1 Å². The van der Waals surface area contributed by atoms with Crippen molar-refractivity contribution < 1.29 is 18.7 Å². The topological polar surface area (TPSA) is 102 Å². The van der Waals surface area contributed by atoms with Crippen molar-refractivity contribution in [2.45, 2.75) is 38.0 Å². The zero-order valence-electron chi connectivity index (χ0n) is 25.4. The van der Waals surface area contributed by atoms with Gasteiger partial charge in [0.25, 0.3) is 11.8 Å². The number of carbonyl (C=O) groups excluding carboxylic acids is 2. The molecule has 3 aromatic carbocycles. The molecule has 0 radical (unpaired) electrons. The number of aromatic nitrogens is 3. The summed E-state index contributed by atoms with van der Waals surface area (Å²) in [6.45, 7) is 4.16. The van der Waals surface area contributed by atoms with Gasteiger partial charge in [-0.3, -0.25) is 14.2 Å². The Morgan fingerprint density at radius 3 is 2.52 bits per heavy atom. The molecule has 1 unspecified atom stereocenters. The van der Waals surface area contributed by atoms with Gasteiger partial charge in [0.05, 0.1) is 41.7 Å². The minimum atomic E-state index is -0.355. The van der Waals surface area contributed by atoms with Gasteiger partial charge in [-0.05, 0) is 84.4 Å². The van der Waals surface area contributed by atoms with E-state index >= 15 is 0 Å². The van der Waals surface area contributed by atoms with Crippen LogP contribution in [-0.4, -0.2) is 50.2 Å². The molecule has 1 N–H and O–H groups in total. The molecule has 0 bridgehead atoms. The predicted octanol–water partition coefficient (Wildman–Crippen LogP) is 6.49. The Kier molecular flexibility index (Phi) is 9.27. The Labute approximate surface area is 274 Å². The molecule has 9 nitrogen and oxygen atoms in total.